The monoisotopic (exact) mass is 280 g/mol. The molecule has 0 aliphatic carbocycles. The first-order valence-corrected chi connectivity index (χ1v) is 7.46. The summed E-state index contributed by atoms with van der Waals surface area (Å²) in [7, 11) is 1.59. The Morgan fingerprint density at radius 2 is 2.10 bits per heavy atom. The number of piperidine rings is 1. The third kappa shape index (κ3) is 3.49. The van der Waals surface area contributed by atoms with E-state index in [2.05, 4.69) is 17.1 Å². The van der Waals surface area contributed by atoms with Gasteiger partial charge in [0.05, 0.1) is 7.11 Å². The van der Waals surface area contributed by atoms with Crippen LogP contribution in [-0.2, 0) is 0 Å². The second-order valence-corrected chi connectivity index (χ2v) is 5.45. The zero-order valence-corrected chi connectivity index (χ0v) is 12.7. The van der Waals surface area contributed by atoms with Crippen LogP contribution in [0, 0.1) is 5.82 Å². The zero-order chi connectivity index (χ0) is 14.5. The van der Waals surface area contributed by atoms with Crippen molar-refractivity contribution in [2.75, 3.05) is 26.7 Å². The largest absolute Gasteiger partial charge is 0.496 e. The molecule has 0 aromatic heterocycles. The number of rotatable bonds is 5. The van der Waals surface area contributed by atoms with Gasteiger partial charge in [-0.3, -0.25) is 0 Å². The number of halogens is 1. The van der Waals surface area contributed by atoms with E-state index in [1.807, 2.05) is 13.0 Å². The van der Waals surface area contributed by atoms with Gasteiger partial charge in [-0.25, -0.2) is 4.39 Å². The molecule has 1 unspecified atom stereocenters. The topological polar surface area (TPSA) is 24.5 Å². The van der Waals surface area contributed by atoms with E-state index in [4.69, 9.17) is 4.74 Å². The molecule has 2 rings (SSSR count). The van der Waals surface area contributed by atoms with Crippen LogP contribution in [0.3, 0.4) is 0 Å². The molecule has 1 aliphatic heterocycles. The standard InChI is InChI=1S/C16H25FN2O/c1-4-19-10-8-13(9-11-19)18-12(2)16-14(17)6-5-7-15(16)20-3/h5-7,12-13,18H,4,8-11H2,1-3H3. The highest BCUT2D eigenvalue weighted by atomic mass is 19.1. The summed E-state index contributed by atoms with van der Waals surface area (Å²) in [5.74, 6) is 0.423. The van der Waals surface area contributed by atoms with Gasteiger partial charge >= 0.3 is 0 Å². The number of nitrogens with zero attached hydrogens (tertiary/aromatic N) is 1. The molecule has 1 saturated heterocycles. The van der Waals surface area contributed by atoms with Crippen molar-refractivity contribution in [3.8, 4) is 5.75 Å². The molecule has 0 saturated carbocycles. The van der Waals surface area contributed by atoms with E-state index >= 15 is 0 Å². The van der Waals surface area contributed by atoms with Crippen LogP contribution in [0.25, 0.3) is 0 Å². The summed E-state index contributed by atoms with van der Waals surface area (Å²) < 4.78 is 19.3. The fraction of sp³-hybridized carbons (Fsp3) is 0.625. The summed E-state index contributed by atoms with van der Waals surface area (Å²) in [6.45, 7) is 7.56. The maximum Gasteiger partial charge on any atom is 0.131 e. The van der Waals surface area contributed by atoms with Crippen molar-refractivity contribution in [1.82, 2.24) is 10.2 Å². The fourth-order valence-corrected chi connectivity index (χ4v) is 2.97. The Hall–Kier alpha value is -1.13. The Kier molecular flexibility index (Phi) is 5.38. The molecule has 0 bridgehead atoms. The number of hydrogen-bond acceptors (Lipinski definition) is 3. The molecule has 1 aliphatic rings. The Morgan fingerprint density at radius 1 is 1.40 bits per heavy atom. The number of benzene rings is 1. The number of hydrogen-bond donors (Lipinski definition) is 1. The van der Waals surface area contributed by atoms with E-state index in [-0.39, 0.29) is 11.9 Å². The van der Waals surface area contributed by atoms with Gasteiger partial charge in [0.2, 0.25) is 0 Å². The molecular formula is C16H25FN2O. The lowest BCUT2D eigenvalue weighted by atomic mass is 10.0. The molecular weight excluding hydrogens is 255 g/mol. The van der Waals surface area contributed by atoms with E-state index in [9.17, 15) is 4.39 Å². The fourth-order valence-electron chi connectivity index (χ4n) is 2.97. The summed E-state index contributed by atoms with van der Waals surface area (Å²) in [6, 6.07) is 5.41. The Bertz CT molecular complexity index is 430. The molecule has 0 amide bonds. The molecule has 1 N–H and O–H groups in total. The molecule has 1 heterocycles. The van der Waals surface area contributed by atoms with E-state index in [1.165, 1.54) is 6.07 Å². The Labute approximate surface area is 121 Å². The zero-order valence-electron chi connectivity index (χ0n) is 12.7. The van der Waals surface area contributed by atoms with Gasteiger partial charge in [-0.2, -0.15) is 0 Å². The lowest BCUT2D eigenvalue weighted by molar-refractivity contribution is 0.199. The van der Waals surface area contributed by atoms with Crippen LogP contribution in [-0.4, -0.2) is 37.7 Å². The van der Waals surface area contributed by atoms with Crippen molar-refractivity contribution in [3.63, 3.8) is 0 Å². The predicted molar refractivity (Wildman–Crippen MR) is 79.6 cm³/mol. The maximum atomic E-state index is 14.0. The lowest BCUT2D eigenvalue weighted by Gasteiger charge is -2.33. The minimum Gasteiger partial charge on any atom is -0.496 e. The van der Waals surface area contributed by atoms with Gasteiger partial charge in [0.15, 0.2) is 0 Å². The highest BCUT2D eigenvalue weighted by molar-refractivity contribution is 5.37. The van der Waals surface area contributed by atoms with Crippen LogP contribution < -0.4 is 10.1 Å². The Morgan fingerprint density at radius 3 is 2.70 bits per heavy atom. The minimum atomic E-state index is -0.199. The number of nitrogens with one attached hydrogen (secondary N) is 1. The first-order chi connectivity index (χ1) is 9.65. The van der Waals surface area contributed by atoms with Gasteiger partial charge < -0.3 is 15.0 Å². The lowest BCUT2D eigenvalue weighted by Crippen LogP contribution is -2.43. The van der Waals surface area contributed by atoms with Crippen molar-refractivity contribution in [3.05, 3.63) is 29.6 Å². The summed E-state index contributed by atoms with van der Waals surface area (Å²) in [5.41, 5.74) is 0.632. The van der Waals surface area contributed by atoms with Crippen LogP contribution in [0.15, 0.2) is 18.2 Å². The van der Waals surface area contributed by atoms with Crippen molar-refractivity contribution >= 4 is 0 Å². The third-order valence-electron chi connectivity index (χ3n) is 4.19. The number of ether oxygens (including phenoxy) is 1. The van der Waals surface area contributed by atoms with Crippen molar-refractivity contribution < 1.29 is 9.13 Å². The minimum absolute atomic E-state index is 0.0377. The summed E-state index contributed by atoms with van der Waals surface area (Å²) in [4.78, 5) is 2.45. The van der Waals surface area contributed by atoms with Gasteiger partial charge in [0.1, 0.15) is 11.6 Å². The van der Waals surface area contributed by atoms with Crippen molar-refractivity contribution in [1.29, 1.82) is 0 Å². The van der Waals surface area contributed by atoms with Crippen LogP contribution in [0.5, 0.6) is 5.75 Å². The molecule has 1 fully saturated rings. The molecule has 20 heavy (non-hydrogen) atoms. The second kappa shape index (κ2) is 7.04. The predicted octanol–water partition coefficient (Wildman–Crippen LogP) is 2.97. The third-order valence-corrected chi connectivity index (χ3v) is 4.19. The first-order valence-electron chi connectivity index (χ1n) is 7.46. The average Bonchev–Trinajstić information content (AvgIpc) is 2.47. The number of methoxy groups -OCH3 is 1. The van der Waals surface area contributed by atoms with Gasteiger partial charge in [0, 0.05) is 17.6 Å². The quantitative estimate of drug-likeness (QED) is 0.897. The van der Waals surface area contributed by atoms with Crippen LogP contribution in [0.1, 0.15) is 38.3 Å². The Balaban J connectivity index is 2.00. The normalized spacial score (nSPS) is 19.0. The van der Waals surface area contributed by atoms with E-state index in [1.54, 1.807) is 13.2 Å². The highest BCUT2D eigenvalue weighted by Crippen LogP contribution is 2.28. The molecule has 3 nitrogen and oxygen atoms in total. The summed E-state index contributed by atoms with van der Waals surface area (Å²) >= 11 is 0. The van der Waals surface area contributed by atoms with Gasteiger partial charge in [-0.05, 0) is 51.5 Å². The SMILES string of the molecule is CCN1CCC(NC(C)c2c(F)cccc2OC)CC1. The molecule has 4 heteroatoms. The summed E-state index contributed by atoms with van der Waals surface area (Å²) in [5, 5.41) is 3.55. The highest BCUT2D eigenvalue weighted by Gasteiger charge is 2.22. The van der Waals surface area contributed by atoms with Gasteiger partial charge in [0.25, 0.3) is 0 Å². The molecule has 1 aromatic carbocycles. The number of likely N-dealkylation sites (tertiary alicyclic amines) is 1. The van der Waals surface area contributed by atoms with Crippen LogP contribution in [0.2, 0.25) is 0 Å². The summed E-state index contributed by atoms with van der Waals surface area (Å²) in [6.07, 6.45) is 2.24. The molecule has 112 valence electrons. The molecule has 0 radical (unpaired) electrons. The maximum absolute atomic E-state index is 14.0. The average molecular weight is 280 g/mol. The van der Waals surface area contributed by atoms with Crippen molar-refractivity contribution in [2.24, 2.45) is 0 Å². The smallest absolute Gasteiger partial charge is 0.131 e. The molecule has 1 aromatic rings. The van der Waals surface area contributed by atoms with Crippen LogP contribution >= 0.6 is 0 Å². The first kappa shape index (κ1) is 15.3. The van der Waals surface area contributed by atoms with E-state index < -0.39 is 0 Å². The van der Waals surface area contributed by atoms with Gasteiger partial charge in [-0.15, -0.1) is 0 Å². The molecule has 0 spiro atoms. The van der Waals surface area contributed by atoms with Gasteiger partial charge in [-0.1, -0.05) is 13.0 Å². The van der Waals surface area contributed by atoms with Crippen LogP contribution in [0.4, 0.5) is 4.39 Å². The van der Waals surface area contributed by atoms with E-state index in [0.29, 0.717) is 17.4 Å². The molecule has 1 atom stereocenters. The van der Waals surface area contributed by atoms with E-state index in [0.717, 1.165) is 32.5 Å². The van der Waals surface area contributed by atoms with Crippen molar-refractivity contribution in [2.45, 2.75) is 38.8 Å². The second-order valence-electron chi connectivity index (χ2n) is 5.45.